The van der Waals surface area contributed by atoms with Crippen LogP contribution in [-0.2, 0) is 20.9 Å². The average Bonchev–Trinajstić information content (AvgIpc) is 2.64. The fourth-order valence-electron chi connectivity index (χ4n) is 2.63. The van der Waals surface area contributed by atoms with Gasteiger partial charge >= 0.3 is 5.97 Å². The molecular formula is C18H27ClN2O4. The van der Waals surface area contributed by atoms with Crippen molar-refractivity contribution in [2.45, 2.75) is 32.2 Å². The van der Waals surface area contributed by atoms with Gasteiger partial charge < -0.3 is 20.1 Å². The van der Waals surface area contributed by atoms with Crippen LogP contribution in [0.4, 0.5) is 0 Å². The summed E-state index contributed by atoms with van der Waals surface area (Å²) in [4.78, 5) is 23.1. The van der Waals surface area contributed by atoms with Crippen LogP contribution in [0.5, 0.6) is 5.75 Å². The smallest absolute Gasteiger partial charge is 0.305 e. The number of benzene rings is 1. The van der Waals surface area contributed by atoms with Gasteiger partial charge in [-0.25, -0.2) is 0 Å². The SMILES string of the molecule is COC(=O)CCCOc1ccc(CNC(=O)C2CCNCC2)cc1.Cl. The van der Waals surface area contributed by atoms with Crippen molar-refractivity contribution in [2.75, 3.05) is 26.8 Å². The summed E-state index contributed by atoms with van der Waals surface area (Å²) < 4.78 is 10.2. The zero-order valence-electron chi connectivity index (χ0n) is 14.6. The van der Waals surface area contributed by atoms with E-state index in [1.807, 2.05) is 24.3 Å². The van der Waals surface area contributed by atoms with Crippen LogP contribution in [0.3, 0.4) is 0 Å². The van der Waals surface area contributed by atoms with Crippen LogP contribution in [0.15, 0.2) is 24.3 Å². The largest absolute Gasteiger partial charge is 0.494 e. The molecule has 2 rings (SSSR count). The molecule has 25 heavy (non-hydrogen) atoms. The van der Waals surface area contributed by atoms with Gasteiger partial charge in [0.15, 0.2) is 0 Å². The van der Waals surface area contributed by atoms with E-state index in [9.17, 15) is 9.59 Å². The zero-order chi connectivity index (χ0) is 17.2. The number of carbonyl (C=O) groups is 2. The van der Waals surface area contributed by atoms with E-state index in [1.54, 1.807) is 0 Å². The third-order valence-corrected chi connectivity index (χ3v) is 4.12. The second-order valence-electron chi connectivity index (χ2n) is 5.91. The summed E-state index contributed by atoms with van der Waals surface area (Å²) >= 11 is 0. The number of methoxy groups -OCH3 is 1. The standard InChI is InChI=1S/C18H26N2O4.ClH/c1-23-17(21)3-2-12-24-16-6-4-14(5-7-16)13-20-18(22)15-8-10-19-11-9-15;/h4-7,15,19H,2-3,8-13H2,1H3,(H,20,22);1H. The molecule has 1 aliphatic heterocycles. The fourth-order valence-corrected chi connectivity index (χ4v) is 2.63. The van der Waals surface area contributed by atoms with Gasteiger partial charge in [0, 0.05) is 18.9 Å². The van der Waals surface area contributed by atoms with Gasteiger partial charge in [-0.15, -0.1) is 12.4 Å². The van der Waals surface area contributed by atoms with Crippen molar-refractivity contribution in [3.63, 3.8) is 0 Å². The van der Waals surface area contributed by atoms with E-state index in [1.165, 1.54) is 7.11 Å². The Morgan fingerprint density at radius 2 is 1.88 bits per heavy atom. The molecule has 1 heterocycles. The molecule has 0 spiro atoms. The molecule has 0 bridgehead atoms. The van der Waals surface area contributed by atoms with Crippen LogP contribution in [-0.4, -0.2) is 38.7 Å². The Labute approximate surface area is 155 Å². The lowest BCUT2D eigenvalue weighted by atomic mass is 9.97. The summed E-state index contributed by atoms with van der Waals surface area (Å²) in [5.74, 6) is 0.801. The second kappa shape index (κ2) is 11.7. The number of hydrogen-bond acceptors (Lipinski definition) is 5. The summed E-state index contributed by atoms with van der Waals surface area (Å²) in [6.45, 7) is 2.84. The lowest BCUT2D eigenvalue weighted by molar-refractivity contribution is -0.140. The Morgan fingerprint density at radius 3 is 2.52 bits per heavy atom. The summed E-state index contributed by atoms with van der Waals surface area (Å²) in [5.41, 5.74) is 1.04. The molecule has 1 saturated heterocycles. The molecule has 140 valence electrons. The van der Waals surface area contributed by atoms with Gasteiger partial charge in [-0.05, 0) is 50.0 Å². The molecule has 0 unspecified atom stereocenters. The van der Waals surface area contributed by atoms with Crippen LogP contribution in [0.1, 0.15) is 31.2 Å². The maximum absolute atomic E-state index is 12.1. The van der Waals surface area contributed by atoms with Crippen molar-refractivity contribution in [1.82, 2.24) is 10.6 Å². The summed E-state index contributed by atoms with van der Waals surface area (Å²) in [6, 6.07) is 7.64. The van der Waals surface area contributed by atoms with E-state index >= 15 is 0 Å². The van der Waals surface area contributed by atoms with Crippen LogP contribution < -0.4 is 15.4 Å². The summed E-state index contributed by atoms with van der Waals surface area (Å²) in [6.07, 6.45) is 2.80. The van der Waals surface area contributed by atoms with Gasteiger partial charge in [0.2, 0.25) is 5.91 Å². The van der Waals surface area contributed by atoms with E-state index in [0.717, 1.165) is 37.2 Å². The topological polar surface area (TPSA) is 76.7 Å². The van der Waals surface area contributed by atoms with Crippen molar-refractivity contribution in [3.05, 3.63) is 29.8 Å². The Kier molecular flexibility index (Phi) is 9.96. The van der Waals surface area contributed by atoms with Crippen molar-refractivity contribution in [3.8, 4) is 5.75 Å². The molecule has 7 heteroatoms. The van der Waals surface area contributed by atoms with Crippen molar-refractivity contribution in [1.29, 1.82) is 0 Å². The first-order valence-corrected chi connectivity index (χ1v) is 8.46. The highest BCUT2D eigenvalue weighted by Crippen LogP contribution is 2.14. The number of ether oxygens (including phenoxy) is 2. The second-order valence-corrected chi connectivity index (χ2v) is 5.91. The van der Waals surface area contributed by atoms with E-state index in [-0.39, 0.29) is 30.2 Å². The number of esters is 1. The molecule has 1 aromatic carbocycles. The van der Waals surface area contributed by atoms with E-state index in [2.05, 4.69) is 15.4 Å². The van der Waals surface area contributed by atoms with E-state index < -0.39 is 0 Å². The van der Waals surface area contributed by atoms with E-state index in [0.29, 0.717) is 26.0 Å². The molecule has 0 aromatic heterocycles. The first kappa shape index (κ1) is 21.3. The number of carbonyl (C=O) groups excluding carboxylic acids is 2. The van der Waals surface area contributed by atoms with Gasteiger partial charge in [0.05, 0.1) is 13.7 Å². The Bertz CT molecular complexity index is 530. The minimum Gasteiger partial charge on any atom is -0.494 e. The maximum atomic E-state index is 12.1. The van der Waals surface area contributed by atoms with Gasteiger partial charge in [0.25, 0.3) is 0 Å². The van der Waals surface area contributed by atoms with Gasteiger partial charge in [-0.2, -0.15) is 0 Å². The monoisotopic (exact) mass is 370 g/mol. The molecule has 0 aliphatic carbocycles. The number of halogens is 1. The molecule has 2 N–H and O–H groups in total. The Balaban J connectivity index is 0.00000312. The highest BCUT2D eigenvalue weighted by molar-refractivity contribution is 5.85. The van der Waals surface area contributed by atoms with Crippen molar-refractivity contribution in [2.24, 2.45) is 5.92 Å². The first-order valence-electron chi connectivity index (χ1n) is 8.46. The van der Waals surface area contributed by atoms with Crippen LogP contribution in [0.25, 0.3) is 0 Å². The molecule has 1 aromatic rings. The Hall–Kier alpha value is -1.79. The molecule has 0 radical (unpaired) electrons. The van der Waals surface area contributed by atoms with Gasteiger partial charge in [-0.3, -0.25) is 9.59 Å². The molecule has 1 amide bonds. The van der Waals surface area contributed by atoms with Crippen LogP contribution >= 0.6 is 12.4 Å². The minimum atomic E-state index is -0.224. The minimum absolute atomic E-state index is 0. The predicted molar refractivity (Wildman–Crippen MR) is 97.9 cm³/mol. The van der Waals surface area contributed by atoms with Crippen molar-refractivity contribution < 1.29 is 19.1 Å². The quantitative estimate of drug-likeness (QED) is 0.541. The average molecular weight is 371 g/mol. The third-order valence-electron chi connectivity index (χ3n) is 4.12. The van der Waals surface area contributed by atoms with Crippen LogP contribution in [0, 0.1) is 5.92 Å². The number of amides is 1. The fraction of sp³-hybridized carbons (Fsp3) is 0.556. The van der Waals surface area contributed by atoms with Gasteiger partial charge in [0.1, 0.15) is 5.75 Å². The highest BCUT2D eigenvalue weighted by atomic mass is 35.5. The number of hydrogen-bond donors (Lipinski definition) is 2. The number of piperidine rings is 1. The molecule has 0 atom stereocenters. The molecule has 6 nitrogen and oxygen atoms in total. The molecule has 0 saturated carbocycles. The number of nitrogens with one attached hydrogen (secondary N) is 2. The third kappa shape index (κ3) is 7.75. The maximum Gasteiger partial charge on any atom is 0.305 e. The normalized spacial score (nSPS) is 14.3. The molecule has 1 fully saturated rings. The lowest BCUT2D eigenvalue weighted by Crippen LogP contribution is -2.37. The number of rotatable bonds is 8. The Morgan fingerprint density at radius 1 is 1.20 bits per heavy atom. The molecular weight excluding hydrogens is 344 g/mol. The van der Waals surface area contributed by atoms with E-state index in [4.69, 9.17) is 4.74 Å². The van der Waals surface area contributed by atoms with Crippen LogP contribution in [0.2, 0.25) is 0 Å². The highest BCUT2D eigenvalue weighted by Gasteiger charge is 2.20. The van der Waals surface area contributed by atoms with Crippen molar-refractivity contribution >= 4 is 24.3 Å². The predicted octanol–water partition coefficient (Wildman–Crippen LogP) is 2.06. The molecule has 1 aliphatic rings. The zero-order valence-corrected chi connectivity index (χ0v) is 15.4. The lowest BCUT2D eigenvalue weighted by Gasteiger charge is -2.21. The first-order chi connectivity index (χ1) is 11.7. The summed E-state index contributed by atoms with van der Waals surface area (Å²) in [5, 5.41) is 6.26. The summed E-state index contributed by atoms with van der Waals surface area (Å²) in [7, 11) is 1.38. The van der Waals surface area contributed by atoms with Gasteiger partial charge in [-0.1, -0.05) is 12.1 Å².